The second-order valence-electron chi connectivity index (χ2n) is 10.1. The topological polar surface area (TPSA) is 88.3 Å². The molecule has 7 rings (SSSR count). The second kappa shape index (κ2) is 10.4. The average molecular weight is 593 g/mol. The summed E-state index contributed by atoms with van der Waals surface area (Å²) in [4.78, 5) is 35.4. The van der Waals surface area contributed by atoms with Crippen LogP contribution in [0.3, 0.4) is 0 Å². The maximum atomic E-state index is 14.0. The van der Waals surface area contributed by atoms with Gasteiger partial charge in [-0.1, -0.05) is 48.2 Å². The molecule has 208 valence electrons. The molecule has 8 nitrogen and oxygen atoms in total. The number of nitro benzene ring substituents is 1. The normalized spacial score (nSPS) is 18.0. The zero-order valence-corrected chi connectivity index (χ0v) is 24.4. The number of carbonyl (C=O) groups excluding carboxylic acids is 1. The van der Waals surface area contributed by atoms with Gasteiger partial charge in [0, 0.05) is 30.1 Å². The van der Waals surface area contributed by atoms with Crippen molar-refractivity contribution < 1.29 is 14.5 Å². The van der Waals surface area contributed by atoms with E-state index in [1.54, 1.807) is 35.9 Å². The number of non-ortho nitro benzene ring substituents is 1. The van der Waals surface area contributed by atoms with Gasteiger partial charge in [0.1, 0.15) is 10.7 Å². The minimum Gasteiger partial charge on any atom is -0.497 e. The molecule has 10 heteroatoms. The van der Waals surface area contributed by atoms with Gasteiger partial charge in [0.15, 0.2) is 5.17 Å². The molecule has 3 aliphatic rings. The summed E-state index contributed by atoms with van der Waals surface area (Å²) >= 11 is 2.96. The number of fused-ring (bicyclic) bond motifs is 4. The number of amidine groups is 1. The Morgan fingerprint density at radius 1 is 0.952 bits per heavy atom. The molecule has 2 aliphatic heterocycles. The highest BCUT2D eigenvalue weighted by atomic mass is 32.2. The first-order valence-electron chi connectivity index (χ1n) is 13.3. The van der Waals surface area contributed by atoms with Gasteiger partial charge in [-0.15, -0.1) is 0 Å². The SMILES string of the molecule is COc1ccc2c(c1)N(C)/C(=C1\SC(=Nc3ccc4c(c3)Cc3cc([N+](=O)[O-])ccc3-4)N(Cc3ccccc3)C1=O)S2. The van der Waals surface area contributed by atoms with Crippen molar-refractivity contribution in [1.29, 1.82) is 0 Å². The Balaban J connectivity index is 1.25. The van der Waals surface area contributed by atoms with Crippen molar-refractivity contribution in [3.05, 3.63) is 122 Å². The summed E-state index contributed by atoms with van der Waals surface area (Å²) in [5, 5.41) is 12.8. The molecule has 1 fully saturated rings. The van der Waals surface area contributed by atoms with Gasteiger partial charge in [0.2, 0.25) is 0 Å². The third-order valence-corrected chi connectivity index (χ3v) is 10.00. The van der Waals surface area contributed by atoms with E-state index >= 15 is 0 Å². The van der Waals surface area contributed by atoms with Gasteiger partial charge in [-0.05, 0) is 76.3 Å². The van der Waals surface area contributed by atoms with Crippen LogP contribution < -0.4 is 9.64 Å². The number of nitrogens with zero attached hydrogens (tertiary/aromatic N) is 4. The van der Waals surface area contributed by atoms with Crippen molar-refractivity contribution in [2.24, 2.45) is 4.99 Å². The fourth-order valence-electron chi connectivity index (χ4n) is 5.45. The van der Waals surface area contributed by atoms with E-state index in [2.05, 4.69) is 0 Å². The molecule has 0 N–H and O–H groups in total. The van der Waals surface area contributed by atoms with E-state index in [0.717, 1.165) is 54.9 Å². The summed E-state index contributed by atoms with van der Waals surface area (Å²) in [6, 6.07) is 26.8. The van der Waals surface area contributed by atoms with Crippen molar-refractivity contribution >= 4 is 51.7 Å². The lowest BCUT2D eigenvalue weighted by molar-refractivity contribution is -0.384. The Hall–Kier alpha value is -4.54. The summed E-state index contributed by atoms with van der Waals surface area (Å²) in [6.07, 6.45) is 0.600. The number of hydrogen-bond acceptors (Lipinski definition) is 8. The fourth-order valence-corrected chi connectivity index (χ4v) is 7.78. The van der Waals surface area contributed by atoms with E-state index in [1.165, 1.54) is 11.8 Å². The third kappa shape index (κ3) is 4.53. The maximum absolute atomic E-state index is 14.0. The number of thioether (sulfide) groups is 2. The number of nitro groups is 1. The monoisotopic (exact) mass is 592 g/mol. The summed E-state index contributed by atoms with van der Waals surface area (Å²) in [7, 11) is 3.61. The van der Waals surface area contributed by atoms with Crippen LogP contribution in [0.15, 0.2) is 105 Å². The number of benzene rings is 4. The Labute approximate surface area is 250 Å². The number of rotatable bonds is 5. The molecule has 0 radical (unpaired) electrons. The van der Waals surface area contributed by atoms with Crippen LogP contribution in [0.2, 0.25) is 0 Å². The van der Waals surface area contributed by atoms with Gasteiger partial charge in [-0.3, -0.25) is 19.8 Å². The lowest BCUT2D eigenvalue weighted by atomic mass is 10.1. The minimum absolute atomic E-state index is 0.0856. The Kier molecular flexibility index (Phi) is 6.52. The summed E-state index contributed by atoms with van der Waals surface area (Å²) in [5.74, 6) is 0.678. The van der Waals surface area contributed by atoms with Gasteiger partial charge >= 0.3 is 0 Å². The van der Waals surface area contributed by atoms with Gasteiger partial charge in [-0.2, -0.15) is 0 Å². The average Bonchev–Trinajstić information content (AvgIpc) is 3.63. The highest BCUT2D eigenvalue weighted by Crippen LogP contribution is 2.51. The first-order valence-corrected chi connectivity index (χ1v) is 14.9. The van der Waals surface area contributed by atoms with Crippen LogP contribution >= 0.6 is 23.5 Å². The molecule has 42 heavy (non-hydrogen) atoms. The molecule has 0 atom stereocenters. The molecule has 2 heterocycles. The van der Waals surface area contributed by atoms with E-state index in [0.29, 0.717) is 23.0 Å². The van der Waals surface area contributed by atoms with E-state index in [4.69, 9.17) is 9.73 Å². The highest BCUT2D eigenvalue weighted by molar-refractivity contribution is 8.19. The number of anilines is 1. The fraction of sp³-hybridized carbons (Fsp3) is 0.125. The standard InChI is InChI=1S/C32H24N4O4S2/c1-34-27-17-24(40-2)10-13-28(27)41-31(34)29-30(37)35(18-19-6-4-3-5-7-19)32(42-29)33-22-8-11-25-20(15-22)14-21-16-23(36(38)39)9-12-26(21)25/h3-13,15-17H,14,18H2,1-2H3/b31-29+,33-32?. The van der Waals surface area contributed by atoms with E-state index < -0.39 is 0 Å². The van der Waals surface area contributed by atoms with Crippen LogP contribution in [-0.4, -0.2) is 35.1 Å². The molecule has 4 aromatic rings. The first kappa shape index (κ1) is 26.4. The van der Waals surface area contributed by atoms with Crippen LogP contribution in [0.5, 0.6) is 5.75 Å². The van der Waals surface area contributed by atoms with Crippen molar-refractivity contribution in [3.63, 3.8) is 0 Å². The highest BCUT2D eigenvalue weighted by Gasteiger charge is 2.39. The number of amides is 1. The van der Waals surface area contributed by atoms with Gasteiger partial charge in [-0.25, -0.2) is 4.99 Å². The number of carbonyl (C=O) groups is 1. The molecule has 0 spiro atoms. The number of ether oxygens (including phenoxy) is 1. The van der Waals surface area contributed by atoms with E-state index in [1.807, 2.05) is 84.7 Å². The summed E-state index contributed by atoms with van der Waals surface area (Å²) < 4.78 is 5.42. The smallest absolute Gasteiger partial charge is 0.269 e. The van der Waals surface area contributed by atoms with Crippen molar-refractivity contribution in [2.45, 2.75) is 17.9 Å². The lowest BCUT2D eigenvalue weighted by Gasteiger charge is -2.17. The molecule has 4 aromatic carbocycles. The van der Waals surface area contributed by atoms with Crippen LogP contribution in [0.1, 0.15) is 16.7 Å². The Bertz CT molecular complexity index is 1850. The predicted molar refractivity (Wildman–Crippen MR) is 167 cm³/mol. The van der Waals surface area contributed by atoms with Crippen LogP contribution in [-0.2, 0) is 17.8 Å². The molecule has 0 bridgehead atoms. The second-order valence-corrected chi connectivity index (χ2v) is 12.1. The molecule has 0 aromatic heterocycles. The van der Waals surface area contributed by atoms with Crippen molar-refractivity contribution in [3.8, 4) is 16.9 Å². The third-order valence-electron chi connectivity index (χ3n) is 7.56. The lowest BCUT2D eigenvalue weighted by Crippen LogP contribution is -2.29. The number of methoxy groups -OCH3 is 1. The summed E-state index contributed by atoms with van der Waals surface area (Å²) in [6.45, 7) is 0.400. The van der Waals surface area contributed by atoms with Crippen molar-refractivity contribution in [1.82, 2.24) is 4.90 Å². The van der Waals surface area contributed by atoms with Crippen molar-refractivity contribution in [2.75, 3.05) is 19.1 Å². The Morgan fingerprint density at radius 3 is 2.48 bits per heavy atom. The number of aliphatic imine (C=N–C) groups is 1. The molecule has 1 aliphatic carbocycles. The molecule has 0 saturated carbocycles. The molecular weight excluding hydrogens is 569 g/mol. The summed E-state index contributed by atoms with van der Waals surface area (Å²) in [5.41, 5.74) is 6.89. The minimum atomic E-state index is -0.364. The number of hydrogen-bond donors (Lipinski definition) is 0. The van der Waals surface area contributed by atoms with Crippen LogP contribution in [0.25, 0.3) is 11.1 Å². The first-order chi connectivity index (χ1) is 20.4. The zero-order chi connectivity index (χ0) is 29.0. The predicted octanol–water partition coefficient (Wildman–Crippen LogP) is 7.35. The van der Waals surface area contributed by atoms with Crippen LogP contribution in [0, 0.1) is 10.1 Å². The molecule has 1 saturated heterocycles. The van der Waals surface area contributed by atoms with E-state index in [9.17, 15) is 14.9 Å². The van der Waals surface area contributed by atoms with Crippen LogP contribution in [0.4, 0.5) is 17.1 Å². The molecular formula is C32H24N4O4S2. The largest absolute Gasteiger partial charge is 0.497 e. The molecule has 0 unspecified atom stereocenters. The van der Waals surface area contributed by atoms with Gasteiger partial charge in [0.25, 0.3) is 11.6 Å². The molecule has 1 amide bonds. The maximum Gasteiger partial charge on any atom is 0.269 e. The van der Waals surface area contributed by atoms with E-state index in [-0.39, 0.29) is 16.5 Å². The Morgan fingerprint density at radius 2 is 1.71 bits per heavy atom. The van der Waals surface area contributed by atoms with Gasteiger partial charge < -0.3 is 9.64 Å². The quantitative estimate of drug-likeness (QED) is 0.120. The van der Waals surface area contributed by atoms with Gasteiger partial charge in [0.05, 0.1) is 35.0 Å². The zero-order valence-electron chi connectivity index (χ0n) is 22.7.